The van der Waals surface area contributed by atoms with Crippen LogP contribution in [0.1, 0.15) is 5.56 Å². The summed E-state index contributed by atoms with van der Waals surface area (Å²) in [5.41, 5.74) is 1.46. The van der Waals surface area contributed by atoms with E-state index < -0.39 is 10.0 Å². The zero-order valence-electron chi connectivity index (χ0n) is 15.4. The Morgan fingerprint density at radius 2 is 1.83 bits per heavy atom. The predicted octanol–water partition coefficient (Wildman–Crippen LogP) is 2.83. The van der Waals surface area contributed by atoms with Crippen LogP contribution in [-0.4, -0.2) is 56.3 Å². The molecule has 2 aliphatic rings. The van der Waals surface area contributed by atoms with Gasteiger partial charge in [0, 0.05) is 43.8 Å². The maximum Gasteiger partial charge on any atom is 0.262 e. The fraction of sp³-hybridized carbons (Fsp3) is 0.316. The number of halogens is 2. The number of hydrogen-bond acceptors (Lipinski definition) is 5. The first-order valence-corrected chi connectivity index (χ1v) is 11.3. The van der Waals surface area contributed by atoms with Crippen LogP contribution in [0, 0.1) is 0 Å². The molecule has 2 aromatic rings. The molecule has 0 aliphatic carbocycles. The van der Waals surface area contributed by atoms with E-state index in [9.17, 15) is 13.2 Å². The Morgan fingerprint density at radius 3 is 2.55 bits per heavy atom. The van der Waals surface area contributed by atoms with Crippen molar-refractivity contribution in [2.45, 2.75) is 11.4 Å². The van der Waals surface area contributed by atoms with Crippen LogP contribution in [0.25, 0.3) is 0 Å². The zero-order valence-corrected chi connectivity index (χ0v) is 17.7. The lowest BCUT2D eigenvalue weighted by molar-refractivity contribution is -0.118. The molecule has 7 nitrogen and oxygen atoms in total. The van der Waals surface area contributed by atoms with Crippen molar-refractivity contribution in [3.63, 3.8) is 0 Å². The zero-order chi connectivity index (χ0) is 20.6. The van der Waals surface area contributed by atoms with E-state index in [0.29, 0.717) is 49.2 Å². The normalized spacial score (nSPS) is 18.1. The van der Waals surface area contributed by atoms with E-state index in [0.717, 1.165) is 5.56 Å². The molecule has 1 fully saturated rings. The number of amides is 1. The van der Waals surface area contributed by atoms with Crippen LogP contribution in [-0.2, 0) is 21.4 Å². The Bertz CT molecular complexity index is 1050. The summed E-state index contributed by atoms with van der Waals surface area (Å²) in [7, 11) is -3.78. The van der Waals surface area contributed by atoms with Crippen LogP contribution in [0.15, 0.2) is 41.3 Å². The summed E-state index contributed by atoms with van der Waals surface area (Å²) in [6, 6.07) is 10.4. The molecule has 0 atom stereocenters. The van der Waals surface area contributed by atoms with Gasteiger partial charge in [0.1, 0.15) is 10.6 Å². The SMILES string of the molecule is O=C1COc2cc(S(=O)(=O)N3CCN(Cc4cccc(Cl)c4)CC3)c(Cl)cc2N1. The topological polar surface area (TPSA) is 79.0 Å². The van der Waals surface area contributed by atoms with Gasteiger partial charge in [0.15, 0.2) is 6.61 Å². The highest BCUT2D eigenvalue weighted by atomic mass is 35.5. The fourth-order valence-electron chi connectivity index (χ4n) is 3.44. The number of ether oxygens (including phenoxy) is 1. The first-order chi connectivity index (χ1) is 13.8. The van der Waals surface area contributed by atoms with Gasteiger partial charge in [-0.05, 0) is 23.8 Å². The van der Waals surface area contributed by atoms with Crippen LogP contribution < -0.4 is 10.1 Å². The van der Waals surface area contributed by atoms with Crippen molar-refractivity contribution in [1.29, 1.82) is 0 Å². The smallest absolute Gasteiger partial charge is 0.262 e. The summed E-state index contributed by atoms with van der Waals surface area (Å²) in [6.45, 7) is 2.46. The van der Waals surface area contributed by atoms with Gasteiger partial charge < -0.3 is 10.1 Å². The van der Waals surface area contributed by atoms with Crippen molar-refractivity contribution in [2.24, 2.45) is 0 Å². The minimum atomic E-state index is -3.78. The molecule has 2 aromatic carbocycles. The number of rotatable bonds is 4. The van der Waals surface area contributed by atoms with Crippen molar-refractivity contribution >= 4 is 44.8 Å². The molecule has 1 amide bonds. The third-order valence-corrected chi connectivity index (χ3v) is 7.51. The molecular weight excluding hydrogens is 437 g/mol. The van der Waals surface area contributed by atoms with Crippen molar-refractivity contribution in [1.82, 2.24) is 9.21 Å². The van der Waals surface area contributed by atoms with Crippen LogP contribution >= 0.6 is 23.2 Å². The van der Waals surface area contributed by atoms with Crippen LogP contribution in [0.5, 0.6) is 5.75 Å². The lowest BCUT2D eigenvalue weighted by Crippen LogP contribution is -2.48. The molecule has 0 saturated carbocycles. The number of carbonyl (C=O) groups excluding carboxylic acids is 1. The standard InChI is InChI=1S/C19H19Cl2N3O4S/c20-14-3-1-2-13(8-14)11-23-4-6-24(7-5-23)29(26,27)18-10-17-16(9-15(18)21)22-19(25)12-28-17/h1-3,8-10H,4-7,11-12H2,(H,22,25). The first kappa shape index (κ1) is 20.4. The molecule has 2 heterocycles. The van der Waals surface area contributed by atoms with Gasteiger partial charge in [0.25, 0.3) is 5.91 Å². The van der Waals surface area contributed by atoms with E-state index in [1.165, 1.54) is 16.4 Å². The number of nitrogens with zero attached hydrogens (tertiary/aromatic N) is 2. The number of carbonyl (C=O) groups is 1. The minimum absolute atomic E-state index is 0.0163. The fourth-order valence-corrected chi connectivity index (χ4v) is 5.59. The van der Waals surface area contributed by atoms with Gasteiger partial charge in [-0.2, -0.15) is 4.31 Å². The minimum Gasteiger partial charge on any atom is -0.482 e. The molecule has 2 aliphatic heterocycles. The summed E-state index contributed by atoms with van der Waals surface area (Å²) in [5, 5.41) is 3.36. The molecule has 1 saturated heterocycles. The van der Waals surface area contributed by atoms with Crippen LogP contribution in [0.2, 0.25) is 10.0 Å². The van der Waals surface area contributed by atoms with E-state index in [1.54, 1.807) is 0 Å². The van der Waals surface area contributed by atoms with Gasteiger partial charge in [-0.1, -0.05) is 35.3 Å². The second kappa shape index (κ2) is 8.12. The number of sulfonamides is 1. The molecular formula is C19H19Cl2N3O4S. The number of hydrogen-bond donors (Lipinski definition) is 1. The highest BCUT2D eigenvalue weighted by Crippen LogP contribution is 2.37. The number of anilines is 1. The summed E-state index contributed by atoms with van der Waals surface area (Å²) >= 11 is 12.3. The van der Waals surface area contributed by atoms with Gasteiger partial charge in [0.05, 0.1) is 10.7 Å². The third kappa shape index (κ3) is 4.36. The molecule has 0 aromatic heterocycles. The van der Waals surface area contributed by atoms with E-state index in [2.05, 4.69) is 10.2 Å². The quantitative estimate of drug-likeness (QED) is 0.766. The van der Waals surface area contributed by atoms with Crippen molar-refractivity contribution in [2.75, 3.05) is 38.1 Å². The van der Waals surface area contributed by atoms with Gasteiger partial charge in [0.2, 0.25) is 10.0 Å². The Kier molecular flexibility index (Phi) is 5.72. The van der Waals surface area contributed by atoms with Gasteiger partial charge >= 0.3 is 0 Å². The number of fused-ring (bicyclic) bond motifs is 1. The van der Waals surface area contributed by atoms with Gasteiger partial charge in [-0.3, -0.25) is 9.69 Å². The molecule has 10 heteroatoms. The van der Waals surface area contributed by atoms with E-state index in [4.69, 9.17) is 27.9 Å². The maximum absolute atomic E-state index is 13.1. The molecule has 0 bridgehead atoms. The number of benzene rings is 2. The van der Waals surface area contributed by atoms with Crippen LogP contribution in [0.3, 0.4) is 0 Å². The average Bonchev–Trinajstić information content (AvgIpc) is 2.67. The van der Waals surface area contributed by atoms with Crippen molar-refractivity contribution in [3.8, 4) is 5.75 Å². The summed E-state index contributed by atoms with van der Waals surface area (Å²) in [4.78, 5) is 13.6. The molecule has 4 rings (SSSR count). The van der Waals surface area contributed by atoms with E-state index in [1.807, 2.05) is 24.3 Å². The first-order valence-electron chi connectivity index (χ1n) is 9.06. The van der Waals surface area contributed by atoms with E-state index >= 15 is 0 Å². The average molecular weight is 456 g/mol. The molecule has 29 heavy (non-hydrogen) atoms. The predicted molar refractivity (Wildman–Crippen MR) is 111 cm³/mol. The number of piperazine rings is 1. The maximum atomic E-state index is 13.1. The summed E-state index contributed by atoms with van der Waals surface area (Å²) in [5.74, 6) is -0.00725. The van der Waals surface area contributed by atoms with E-state index in [-0.39, 0.29) is 22.4 Å². The van der Waals surface area contributed by atoms with Gasteiger partial charge in [-0.25, -0.2) is 8.42 Å². The largest absolute Gasteiger partial charge is 0.482 e. The Hall–Kier alpha value is -1.84. The monoisotopic (exact) mass is 455 g/mol. The Labute approximate surface area is 179 Å². The second-order valence-electron chi connectivity index (χ2n) is 6.93. The third-order valence-electron chi connectivity index (χ3n) is 4.91. The highest BCUT2D eigenvalue weighted by molar-refractivity contribution is 7.89. The summed E-state index contributed by atoms with van der Waals surface area (Å²) < 4.78 is 33.0. The summed E-state index contributed by atoms with van der Waals surface area (Å²) in [6.07, 6.45) is 0. The lowest BCUT2D eigenvalue weighted by atomic mass is 10.2. The molecule has 0 spiro atoms. The highest BCUT2D eigenvalue weighted by Gasteiger charge is 2.32. The molecule has 0 unspecified atom stereocenters. The van der Waals surface area contributed by atoms with Crippen molar-refractivity contribution < 1.29 is 17.9 Å². The van der Waals surface area contributed by atoms with Gasteiger partial charge in [-0.15, -0.1) is 0 Å². The van der Waals surface area contributed by atoms with Crippen LogP contribution in [0.4, 0.5) is 5.69 Å². The van der Waals surface area contributed by atoms with Crippen molar-refractivity contribution in [3.05, 3.63) is 52.0 Å². The molecule has 154 valence electrons. The lowest BCUT2D eigenvalue weighted by Gasteiger charge is -2.34. The Morgan fingerprint density at radius 1 is 1.07 bits per heavy atom. The molecule has 1 N–H and O–H groups in total. The Balaban J connectivity index is 1.47. The molecule has 0 radical (unpaired) electrons. The second-order valence-corrected chi connectivity index (χ2v) is 9.68. The number of nitrogens with one attached hydrogen (secondary N) is 1.